The van der Waals surface area contributed by atoms with Gasteiger partial charge < -0.3 is 10.8 Å². The van der Waals surface area contributed by atoms with Crippen LogP contribution in [0.2, 0.25) is 0 Å². The van der Waals surface area contributed by atoms with Crippen LogP contribution in [0.25, 0.3) is 0 Å². The van der Waals surface area contributed by atoms with Gasteiger partial charge in [0.2, 0.25) is 0 Å². The highest BCUT2D eigenvalue weighted by Crippen LogP contribution is 2.40. The highest BCUT2D eigenvalue weighted by molar-refractivity contribution is 5.73. The van der Waals surface area contributed by atoms with Gasteiger partial charge in [-0.25, -0.2) is 0 Å². The molecule has 3 N–H and O–H groups in total. The molecule has 1 saturated carbocycles. The Labute approximate surface area is 77.7 Å². The summed E-state index contributed by atoms with van der Waals surface area (Å²) in [5.41, 5.74) is 5.44. The summed E-state index contributed by atoms with van der Waals surface area (Å²) in [4.78, 5) is 12.9. The second-order valence-electron chi connectivity index (χ2n) is 4.14. The SMILES string of the molecule is NCC(C(=O)O)N1CC2CCC2C1. The maximum absolute atomic E-state index is 10.8. The fraction of sp³-hybridized carbons (Fsp3) is 0.889. The second kappa shape index (κ2) is 3.27. The van der Waals surface area contributed by atoms with Gasteiger partial charge >= 0.3 is 5.97 Å². The Morgan fingerprint density at radius 2 is 2.00 bits per heavy atom. The largest absolute Gasteiger partial charge is 0.480 e. The van der Waals surface area contributed by atoms with E-state index in [2.05, 4.69) is 0 Å². The molecule has 0 aromatic carbocycles. The summed E-state index contributed by atoms with van der Waals surface area (Å²) in [6.45, 7) is 2.12. The smallest absolute Gasteiger partial charge is 0.322 e. The van der Waals surface area contributed by atoms with Gasteiger partial charge in [0.25, 0.3) is 0 Å². The number of fused-ring (bicyclic) bond motifs is 1. The normalized spacial score (nSPS) is 35.2. The summed E-state index contributed by atoms with van der Waals surface area (Å²) in [6, 6.07) is -0.453. The lowest BCUT2D eigenvalue weighted by atomic mass is 9.77. The van der Waals surface area contributed by atoms with Crippen molar-refractivity contribution in [1.29, 1.82) is 0 Å². The first-order valence-corrected chi connectivity index (χ1v) is 4.89. The lowest BCUT2D eigenvalue weighted by molar-refractivity contribution is -0.142. The molecule has 74 valence electrons. The van der Waals surface area contributed by atoms with E-state index in [0.29, 0.717) is 0 Å². The van der Waals surface area contributed by atoms with Gasteiger partial charge in [-0.05, 0) is 24.7 Å². The van der Waals surface area contributed by atoms with Gasteiger partial charge in [-0.3, -0.25) is 9.69 Å². The summed E-state index contributed by atoms with van der Waals surface area (Å²) in [7, 11) is 0. The van der Waals surface area contributed by atoms with Crippen LogP contribution in [0, 0.1) is 11.8 Å². The van der Waals surface area contributed by atoms with E-state index < -0.39 is 12.0 Å². The molecule has 0 aromatic heterocycles. The fourth-order valence-corrected chi connectivity index (χ4v) is 2.46. The van der Waals surface area contributed by atoms with Gasteiger partial charge in [0.1, 0.15) is 6.04 Å². The zero-order chi connectivity index (χ0) is 9.42. The van der Waals surface area contributed by atoms with Gasteiger partial charge in [-0.1, -0.05) is 0 Å². The molecule has 2 aliphatic rings. The molecule has 3 atom stereocenters. The van der Waals surface area contributed by atoms with Crippen LogP contribution in [-0.2, 0) is 4.79 Å². The number of nitrogens with zero attached hydrogens (tertiary/aromatic N) is 1. The molecule has 1 aliphatic carbocycles. The Morgan fingerprint density at radius 1 is 1.46 bits per heavy atom. The molecule has 1 heterocycles. The second-order valence-corrected chi connectivity index (χ2v) is 4.14. The molecular formula is C9H16N2O2. The molecule has 13 heavy (non-hydrogen) atoms. The number of aliphatic carboxylic acids is 1. The van der Waals surface area contributed by atoms with E-state index in [4.69, 9.17) is 10.8 Å². The molecular weight excluding hydrogens is 168 g/mol. The number of carboxylic acid groups (broad SMARTS) is 1. The van der Waals surface area contributed by atoms with Crippen molar-refractivity contribution in [2.45, 2.75) is 18.9 Å². The predicted octanol–water partition coefficient (Wildman–Crippen LogP) is -0.260. The van der Waals surface area contributed by atoms with Crippen molar-refractivity contribution in [3.05, 3.63) is 0 Å². The Bertz CT molecular complexity index is 208. The standard InChI is InChI=1S/C9H16N2O2/c10-3-8(9(12)13)11-4-6-1-2-7(6)5-11/h6-8H,1-5,10H2,(H,12,13). The van der Waals surface area contributed by atoms with Crippen LogP contribution in [0.15, 0.2) is 0 Å². The lowest BCUT2D eigenvalue weighted by Crippen LogP contribution is -2.44. The number of nitrogens with two attached hydrogens (primary N) is 1. The Kier molecular flexibility index (Phi) is 2.26. The number of carbonyl (C=O) groups is 1. The van der Waals surface area contributed by atoms with Crippen molar-refractivity contribution in [3.8, 4) is 0 Å². The van der Waals surface area contributed by atoms with Gasteiger partial charge in [-0.2, -0.15) is 0 Å². The number of hydrogen-bond acceptors (Lipinski definition) is 3. The van der Waals surface area contributed by atoms with E-state index in [1.165, 1.54) is 12.8 Å². The van der Waals surface area contributed by atoms with Crippen molar-refractivity contribution in [2.75, 3.05) is 19.6 Å². The average molecular weight is 184 g/mol. The van der Waals surface area contributed by atoms with E-state index in [1.807, 2.05) is 4.90 Å². The van der Waals surface area contributed by atoms with Crippen LogP contribution in [0.3, 0.4) is 0 Å². The molecule has 2 rings (SSSR count). The third-order valence-electron chi connectivity index (χ3n) is 3.46. The van der Waals surface area contributed by atoms with Crippen molar-refractivity contribution in [3.63, 3.8) is 0 Å². The number of hydrogen-bond donors (Lipinski definition) is 2. The molecule has 4 heteroatoms. The Balaban J connectivity index is 1.96. The Morgan fingerprint density at radius 3 is 2.31 bits per heavy atom. The molecule has 0 radical (unpaired) electrons. The molecule has 0 aromatic rings. The van der Waals surface area contributed by atoms with E-state index in [9.17, 15) is 4.79 Å². The van der Waals surface area contributed by atoms with E-state index in [-0.39, 0.29) is 6.54 Å². The number of rotatable bonds is 3. The monoisotopic (exact) mass is 184 g/mol. The van der Waals surface area contributed by atoms with Crippen LogP contribution >= 0.6 is 0 Å². The van der Waals surface area contributed by atoms with Gasteiger partial charge in [-0.15, -0.1) is 0 Å². The van der Waals surface area contributed by atoms with E-state index in [0.717, 1.165) is 24.9 Å². The maximum Gasteiger partial charge on any atom is 0.322 e. The first kappa shape index (κ1) is 8.97. The van der Waals surface area contributed by atoms with Gasteiger partial charge in [0, 0.05) is 19.6 Å². The van der Waals surface area contributed by atoms with Gasteiger partial charge in [0.15, 0.2) is 0 Å². The minimum absolute atomic E-state index is 0.231. The third kappa shape index (κ3) is 1.44. The fourth-order valence-electron chi connectivity index (χ4n) is 2.46. The topological polar surface area (TPSA) is 66.6 Å². The predicted molar refractivity (Wildman–Crippen MR) is 48.3 cm³/mol. The Hall–Kier alpha value is -0.610. The molecule has 4 nitrogen and oxygen atoms in total. The molecule has 0 spiro atoms. The maximum atomic E-state index is 10.8. The number of likely N-dealkylation sites (tertiary alicyclic amines) is 1. The summed E-state index contributed by atoms with van der Waals surface area (Å²) < 4.78 is 0. The molecule has 1 saturated heterocycles. The summed E-state index contributed by atoms with van der Waals surface area (Å²) in [5, 5.41) is 8.90. The minimum Gasteiger partial charge on any atom is -0.480 e. The summed E-state index contributed by atoms with van der Waals surface area (Å²) >= 11 is 0. The zero-order valence-corrected chi connectivity index (χ0v) is 7.65. The van der Waals surface area contributed by atoms with Crippen molar-refractivity contribution < 1.29 is 9.90 Å². The molecule has 2 fully saturated rings. The van der Waals surface area contributed by atoms with Crippen molar-refractivity contribution in [2.24, 2.45) is 17.6 Å². The quantitative estimate of drug-likeness (QED) is 0.634. The van der Waals surface area contributed by atoms with E-state index in [1.54, 1.807) is 0 Å². The molecule has 0 amide bonds. The van der Waals surface area contributed by atoms with Crippen LogP contribution in [0.5, 0.6) is 0 Å². The van der Waals surface area contributed by atoms with Crippen LogP contribution in [-0.4, -0.2) is 41.7 Å². The third-order valence-corrected chi connectivity index (χ3v) is 3.46. The first-order chi connectivity index (χ1) is 6.22. The molecule has 3 unspecified atom stereocenters. The minimum atomic E-state index is -0.774. The highest BCUT2D eigenvalue weighted by Gasteiger charge is 2.42. The van der Waals surface area contributed by atoms with Crippen LogP contribution < -0.4 is 5.73 Å². The first-order valence-electron chi connectivity index (χ1n) is 4.89. The van der Waals surface area contributed by atoms with Gasteiger partial charge in [0.05, 0.1) is 0 Å². The zero-order valence-electron chi connectivity index (χ0n) is 7.65. The van der Waals surface area contributed by atoms with Crippen LogP contribution in [0.1, 0.15) is 12.8 Å². The lowest BCUT2D eigenvalue weighted by Gasteiger charge is -2.28. The summed E-state index contributed by atoms with van der Waals surface area (Å²) in [5.74, 6) is 0.741. The van der Waals surface area contributed by atoms with Crippen LogP contribution in [0.4, 0.5) is 0 Å². The van der Waals surface area contributed by atoms with E-state index >= 15 is 0 Å². The average Bonchev–Trinajstić information content (AvgIpc) is 2.31. The molecule has 1 aliphatic heterocycles. The highest BCUT2D eigenvalue weighted by atomic mass is 16.4. The molecule has 0 bridgehead atoms. The number of carboxylic acids is 1. The van der Waals surface area contributed by atoms with Crippen molar-refractivity contribution >= 4 is 5.97 Å². The van der Waals surface area contributed by atoms with Crippen molar-refractivity contribution in [1.82, 2.24) is 4.90 Å². The summed E-state index contributed by atoms with van der Waals surface area (Å²) in [6.07, 6.45) is 2.55.